The maximum atomic E-state index is 12.0. The third-order valence-electron chi connectivity index (χ3n) is 5.07. The number of aromatic nitrogens is 4. The van der Waals surface area contributed by atoms with Crippen LogP contribution < -0.4 is 10.6 Å². The summed E-state index contributed by atoms with van der Waals surface area (Å²) >= 11 is 6.67. The fourth-order valence-corrected chi connectivity index (χ4v) is 3.71. The first-order valence-corrected chi connectivity index (χ1v) is 9.80. The second-order valence-corrected chi connectivity index (χ2v) is 7.59. The van der Waals surface area contributed by atoms with Gasteiger partial charge < -0.3 is 15.0 Å². The van der Waals surface area contributed by atoms with Crippen molar-refractivity contribution in [3.63, 3.8) is 0 Å². The van der Waals surface area contributed by atoms with Crippen molar-refractivity contribution in [3.05, 3.63) is 54.5 Å². The summed E-state index contributed by atoms with van der Waals surface area (Å²) in [5.74, 6) is 0.262. The summed E-state index contributed by atoms with van der Waals surface area (Å²) in [4.78, 5) is 28.3. The molecule has 1 saturated carbocycles. The van der Waals surface area contributed by atoms with Crippen LogP contribution in [0.4, 0.5) is 11.5 Å². The van der Waals surface area contributed by atoms with Crippen molar-refractivity contribution in [1.82, 2.24) is 19.6 Å². The molecule has 1 aliphatic carbocycles. The molecule has 2 amide bonds. The van der Waals surface area contributed by atoms with Gasteiger partial charge in [0.05, 0.1) is 28.6 Å². The maximum absolute atomic E-state index is 12.0. The van der Waals surface area contributed by atoms with Gasteiger partial charge in [-0.1, -0.05) is 18.2 Å². The summed E-state index contributed by atoms with van der Waals surface area (Å²) in [7, 11) is 0. The lowest BCUT2D eigenvalue weighted by molar-refractivity contribution is -0.117. The molecule has 150 valence electrons. The quantitative estimate of drug-likeness (QED) is 0.424. The first-order chi connectivity index (χ1) is 14.5. The predicted molar refractivity (Wildman–Crippen MR) is 115 cm³/mol. The molecule has 8 nitrogen and oxygen atoms in total. The number of rotatable bonds is 5. The third-order valence-corrected chi connectivity index (χ3v) is 5.46. The maximum Gasteiger partial charge on any atom is 0.247 e. The third kappa shape index (κ3) is 3.21. The Labute approximate surface area is 175 Å². The Hall–Kier alpha value is -3.65. The van der Waals surface area contributed by atoms with E-state index in [0.29, 0.717) is 22.2 Å². The number of carbonyl (C=O) groups is 2. The van der Waals surface area contributed by atoms with Crippen LogP contribution in [0.25, 0.3) is 27.7 Å². The first kappa shape index (κ1) is 18.4. The summed E-state index contributed by atoms with van der Waals surface area (Å²) < 4.78 is 1.83. The predicted octanol–water partition coefficient (Wildman–Crippen LogP) is 4.00. The van der Waals surface area contributed by atoms with Crippen molar-refractivity contribution in [1.29, 1.82) is 0 Å². The Morgan fingerprint density at radius 3 is 2.87 bits per heavy atom. The number of nitrogens with zero attached hydrogens (tertiary/aromatic N) is 3. The number of imidazole rings is 1. The molecule has 3 aromatic heterocycles. The number of nitrogens with one attached hydrogen (secondary N) is 3. The van der Waals surface area contributed by atoms with Crippen LogP contribution in [-0.2, 0) is 9.59 Å². The molecule has 3 heterocycles. The number of carbonyl (C=O) groups excluding carboxylic acids is 2. The molecule has 0 unspecified atom stereocenters. The molecule has 30 heavy (non-hydrogen) atoms. The number of benzene rings is 1. The lowest BCUT2D eigenvalue weighted by Crippen LogP contribution is -2.13. The number of aromatic amines is 1. The topological polar surface area (TPSA) is 104 Å². The van der Waals surface area contributed by atoms with Crippen molar-refractivity contribution in [2.75, 3.05) is 10.6 Å². The fourth-order valence-electron chi connectivity index (χ4n) is 3.40. The molecule has 1 aliphatic rings. The highest BCUT2D eigenvalue weighted by Gasteiger charge is 2.30. The molecule has 0 aliphatic heterocycles. The number of pyridine rings is 1. The van der Waals surface area contributed by atoms with Gasteiger partial charge in [0.1, 0.15) is 5.65 Å². The molecule has 1 fully saturated rings. The molecule has 1 aromatic carbocycles. The van der Waals surface area contributed by atoms with Crippen molar-refractivity contribution < 1.29 is 9.59 Å². The largest absolute Gasteiger partial charge is 0.321 e. The van der Waals surface area contributed by atoms with Gasteiger partial charge in [-0.15, -0.1) is 0 Å². The molecule has 0 bridgehead atoms. The van der Waals surface area contributed by atoms with Gasteiger partial charge in [0.2, 0.25) is 11.8 Å². The SMILES string of the molecule is C=CC(=O)Nc1cc2[nH]ncc2c(-c2ccc3nc(NC(=O)C4CC4)cn3c2)c1Cl. The first-order valence-electron chi connectivity index (χ1n) is 9.42. The number of amides is 2. The average Bonchev–Trinajstić information content (AvgIpc) is 3.36. The Morgan fingerprint density at radius 2 is 2.10 bits per heavy atom. The molecule has 0 spiro atoms. The van der Waals surface area contributed by atoms with Crippen LogP contribution in [0.3, 0.4) is 0 Å². The smallest absolute Gasteiger partial charge is 0.247 e. The standard InChI is InChI=1S/C21H17ClN6O2/c1-2-18(29)24-15-7-14-13(8-23-27-14)19(20(15)22)12-5-6-17-25-16(10-28(17)9-12)26-21(30)11-3-4-11/h2,5-11H,1,3-4H2,(H,23,27)(H,24,29)(H,26,30). The Balaban J connectivity index is 1.59. The Kier molecular flexibility index (Phi) is 4.29. The zero-order valence-electron chi connectivity index (χ0n) is 15.8. The van der Waals surface area contributed by atoms with Gasteiger partial charge in [0, 0.05) is 28.6 Å². The Bertz CT molecular complexity index is 1330. The van der Waals surface area contributed by atoms with E-state index in [9.17, 15) is 9.59 Å². The number of anilines is 2. The summed E-state index contributed by atoms with van der Waals surface area (Å²) in [6.07, 6.45) is 8.38. The van der Waals surface area contributed by atoms with Crippen LogP contribution in [0.1, 0.15) is 12.8 Å². The summed E-state index contributed by atoms with van der Waals surface area (Å²) in [5, 5.41) is 13.8. The van der Waals surface area contributed by atoms with Gasteiger partial charge in [-0.3, -0.25) is 14.7 Å². The monoisotopic (exact) mass is 420 g/mol. The van der Waals surface area contributed by atoms with Crippen molar-refractivity contribution in [2.45, 2.75) is 12.8 Å². The number of hydrogen-bond donors (Lipinski definition) is 3. The highest BCUT2D eigenvalue weighted by atomic mass is 35.5. The van der Waals surface area contributed by atoms with E-state index in [-0.39, 0.29) is 17.7 Å². The second kappa shape index (κ2) is 7.00. The van der Waals surface area contributed by atoms with Crippen LogP contribution in [0.5, 0.6) is 0 Å². The minimum absolute atomic E-state index is 0.00689. The molecule has 0 atom stereocenters. The summed E-state index contributed by atoms with van der Waals surface area (Å²) in [6.45, 7) is 3.48. The van der Waals surface area contributed by atoms with Gasteiger partial charge in [-0.05, 0) is 37.1 Å². The number of fused-ring (bicyclic) bond motifs is 2. The fraction of sp³-hybridized carbons (Fsp3) is 0.143. The highest BCUT2D eigenvalue weighted by molar-refractivity contribution is 6.38. The lowest BCUT2D eigenvalue weighted by atomic mass is 10.0. The summed E-state index contributed by atoms with van der Waals surface area (Å²) in [6, 6.07) is 5.47. The van der Waals surface area contributed by atoms with E-state index >= 15 is 0 Å². The van der Waals surface area contributed by atoms with Crippen LogP contribution in [-0.4, -0.2) is 31.4 Å². The highest BCUT2D eigenvalue weighted by Crippen LogP contribution is 2.40. The van der Waals surface area contributed by atoms with E-state index < -0.39 is 0 Å². The number of H-pyrrole nitrogens is 1. The van der Waals surface area contributed by atoms with Crippen LogP contribution in [0.2, 0.25) is 5.02 Å². The zero-order chi connectivity index (χ0) is 20.8. The van der Waals surface area contributed by atoms with Crippen LogP contribution >= 0.6 is 11.6 Å². The molecule has 3 N–H and O–H groups in total. The van der Waals surface area contributed by atoms with Crippen LogP contribution in [0.15, 0.2) is 49.4 Å². The van der Waals surface area contributed by atoms with E-state index in [1.165, 1.54) is 6.08 Å². The van der Waals surface area contributed by atoms with Gasteiger partial charge in [-0.2, -0.15) is 5.10 Å². The average molecular weight is 421 g/mol. The molecule has 0 saturated heterocycles. The lowest BCUT2D eigenvalue weighted by Gasteiger charge is -2.12. The molecular formula is C21H17ClN6O2. The summed E-state index contributed by atoms with van der Waals surface area (Å²) in [5.41, 5.74) is 3.42. The van der Waals surface area contributed by atoms with Gasteiger partial charge in [-0.25, -0.2) is 4.98 Å². The molecule has 4 aromatic rings. The minimum Gasteiger partial charge on any atom is -0.321 e. The van der Waals surface area contributed by atoms with E-state index in [1.54, 1.807) is 18.5 Å². The van der Waals surface area contributed by atoms with Gasteiger partial charge in [0.15, 0.2) is 5.82 Å². The van der Waals surface area contributed by atoms with Crippen LogP contribution in [0, 0.1) is 5.92 Å². The molecule has 0 radical (unpaired) electrons. The normalized spacial score (nSPS) is 13.5. The molecular weight excluding hydrogens is 404 g/mol. The van der Waals surface area contributed by atoms with Crippen molar-refractivity contribution >= 4 is 51.5 Å². The van der Waals surface area contributed by atoms with E-state index in [1.807, 2.05) is 22.7 Å². The van der Waals surface area contributed by atoms with Gasteiger partial charge in [0.25, 0.3) is 0 Å². The van der Waals surface area contributed by atoms with E-state index in [2.05, 4.69) is 32.4 Å². The molecule has 9 heteroatoms. The minimum atomic E-state index is -0.358. The number of hydrogen-bond acceptors (Lipinski definition) is 4. The van der Waals surface area contributed by atoms with Crippen molar-refractivity contribution in [3.8, 4) is 11.1 Å². The van der Waals surface area contributed by atoms with E-state index in [0.717, 1.165) is 34.9 Å². The number of halogens is 1. The van der Waals surface area contributed by atoms with E-state index in [4.69, 9.17) is 11.6 Å². The second-order valence-electron chi connectivity index (χ2n) is 7.21. The Morgan fingerprint density at radius 1 is 1.27 bits per heavy atom. The van der Waals surface area contributed by atoms with Crippen molar-refractivity contribution in [2.24, 2.45) is 5.92 Å². The molecule has 5 rings (SSSR count). The van der Waals surface area contributed by atoms with Gasteiger partial charge >= 0.3 is 0 Å². The zero-order valence-corrected chi connectivity index (χ0v) is 16.5.